The van der Waals surface area contributed by atoms with Gasteiger partial charge in [0.1, 0.15) is 5.82 Å². The Balaban J connectivity index is 2.08. The molecule has 6 heteroatoms. The molecule has 0 saturated heterocycles. The van der Waals surface area contributed by atoms with Gasteiger partial charge in [-0.15, -0.1) is 0 Å². The summed E-state index contributed by atoms with van der Waals surface area (Å²) >= 11 is 5.66. The van der Waals surface area contributed by atoms with E-state index in [1.807, 2.05) is 0 Å². The van der Waals surface area contributed by atoms with Gasteiger partial charge in [-0.05, 0) is 35.9 Å². The summed E-state index contributed by atoms with van der Waals surface area (Å²) in [5.74, 6) is -0.00509. The summed E-state index contributed by atoms with van der Waals surface area (Å²) in [7, 11) is 3.08. The third-order valence-corrected chi connectivity index (χ3v) is 3.31. The van der Waals surface area contributed by atoms with Crippen LogP contribution in [0.4, 0.5) is 4.39 Å². The van der Waals surface area contributed by atoms with Gasteiger partial charge in [0.25, 0.3) is 5.91 Å². The molecule has 116 valence electrons. The Kier molecular flexibility index (Phi) is 5.22. The van der Waals surface area contributed by atoms with Crippen LogP contribution in [0.25, 0.3) is 0 Å². The minimum atomic E-state index is -0.655. The number of ether oxygens (including phenoxy) is 2. The van der Waals surface area contributed by atoms with Crippen LogP contribution in [0.1, 0.15) is 15.9 Å². The van der Waals surface area contributed by atoms with Crippen molar-refractivity contribution in [2.75, 3.05) is 14.2 Å². The Hall–Kier alpha value is -2.27. The molecule has 4 nitrogen and oxygen atoms in total. The highest BCUT2D eigenvalue weighted by atomic mass is 35.5. The lowest BCUT2D eigenvalue weighted by atomic mass is 10.1. The van der Waals surface area contributed by atoms with E-state index in [0.29, 0.717) is 11.5 Å². The Morgan fingerprint density at radius 3 is 2.50 bits per heavy atom. The molecule has 1 amide bonds. The summed E-state index contributed by atoms with van der Waals surface area (Å²) in [6, 6.07) is 9.20. The van der Waals surface area contributed by atoms with Gasteiger partial charge in [0.2, 0.25) is 0 Å². The topological polar surface area (TPSA) is 47.6 Å². The fraction of sp³-hybridized carbons (Fsp3) is 0.188. The highest BCUT2D eigenvalue weighted by Gasteiger charge is 2.12. The third kappa shape index (κ3) is 3.68. The van der Waals surface area contributed by atoms with Gasteiger partial charge in [-0.1, -0.05) is 17.7 Å². The molecule has 0 bridgehead atoms. The monoisotopic (exact) mass is 323 g/mol. The zero-order chi connectivity index (χ0) is 16.1. The SMILES string of the molecule is COc1ccc(CNC(=O)c2ccc(Cl)cc2F)cc1OC. The smallest absolute Gasteiger partial charge is 0.254 e. The summed E-state index contributed by atoms with van der Waals surface area (Å²) in [6.45, 7) is 0.237. The highest BCUT2D eigenvalue weighted by molar-refractivity contribution is 6.30. The average molecular weight is 324 g/mol. The Bertz CT molecular complexity index is 691. The summed E-state index contributed by atoms with van der Waals surface area (Å²) in [4.78, 5) is 12.0. The second-order valence-electron chi connectivity index (χ2n) is 4.50. The van der Waals surface area contributed by atoms with Crippen LogP contribution in [0.3, 0.4) is 0 Å². The van der Waals surface area contributed by atoms with E-state index in [1.54, 1.807) is 25.3 Å². The van der Waals surface area contributed by atoms with Crippen molar-refractivity contribution in [3.05, 3.63) is 58.4 Å². The first-order chi connectivity index (χ1) is 10.5. The standard InChI is InChI=1S/C16H15ClFNO3/c1-21-14-6-3-10(7-15(14)22-2)9-19-16(20)12-5-4-11(17)8-13(12)18/h3-8H,9H2,1-2H3,(H,19,20). The molecular weight excluding hydrogens is 309 g/mol. The minimum absolute atomic E-state index is 0.0510. The number of halogens is 2. The lowest BCUT2D eigenvalue weighted by molar-refractivity contribution is 0.0947. The van der Waals surface area contributed by atoms with Crippen molar-refractivity contribution in [1.82, 2.24) is 5.32 Å². The number of amides is 1. The molecule has 0 aliphatic carbocycles. The van der Waals surface area contributed by atoms with E-state index in [9.17, 15) is 9.18 Å². The van der Waals surface area contributed by atoms with Gasteiger partial charge in [-0.25, -0.2) is 4.39 Å². The largest absolute Gasteiger partial charge is 0.493 e. The fourth-order valence-electron chi connectivity index (χ4n) is 1.94. The van der Waals surface area contributed by atoms with Crippen molar-refractivity contribution >= 4 is 17.5 Å². The summed E-state index contributed by atoms with van der Waals surface area (Å²) in [5.41, 5.74) is 0.755. The van der Waals surface area contributed by atoms with E-state index in [1.165, 1.54) is 19.2 Å². The van der Waals surface area contributed by atoms with Crippen LogP contribution in [0.5, 0.6) is 11.5 Å². The molecule has 0 aliphatic rings. The van der Waals surface area contributed by atoms with Crippen molar-refractivity contribution in [1.29, 1.82) is 0 Å². The maximum atomic E-state index is 13.7. The van der Waals surface area contributed by atoms with E-state index < -0.39 is 11.7 Å². The molecule has 0 heterocycles. The summed E-state index contributed by atoms with van der Waals surface area (Å²) in [6.07, 6.45) is 0. The molecular formula is C16H15ClFNO3. The van der Waals surface area contributed by atoms with Crippen LogP contribution in [0.15, 0.2) is 36.4 Å². The first kappa shape index (κ1) is 16.1. The molecule has 0 aliphatic heterocycles. The molecule has 0 aromatic heterocycles. The second-order valence-corrected chi connectivity index (χ2v) is 4.93. The number of hydrogen-bond acceptors (Lipinski definition) is 3. The van der Waals surface area contributed by atoms with E-state index in [0.717, 1.165) is 11.6 Å². The average Bonchev–Trinajstić information content (AvgIpc) is 2.52. The van der Waals surface area contributed by atoms with Gasteiger partial charge in [0, 0.05) is 11.6 Å². The minimum Gasteiger partial charge on any atom is -0.493 e. The zero-order valence-corrected chi connectivity index (χ0v) is 12.9. The maximum Gasteiger partial charge on any atom is 0.254 e. The van der Waals surface area contributed by atoms with E-state index >= 15 is 0 Å². The quantitative estimate of drug-likeness (QED) is 0.917. The number of rotatable bonds is 5. The van der Waals surface area contributed by atoms with Crippen LogP contribution in [0, 0.1) is 5.82 Å². The van der Waals surface area contributed by atoms with E-state index in [2.05, 4.69) is 5.32 Å². The maximum absolute atomic E-state index is 13.7. The molecule has 0 spiro atoms. The molecule has 1 N–H and O–H groups in total. The number of carbonyl (C=O) groups is 1. The zero-order valence-electron chi connectivity index (χ0n) is 12.2. The van der Waals surface area contributed by atoms with Crippen molar-refractivity contribution in [2.45, 2.75) is 6.54 Å². The molecule has 2 aromatic rings. The molecule has 0 saturated carbocycles. The second kappa shape index (κ2) is 7.13. The Morgan fingerprint density at radius 2 is 1.86 bits per heavy atom. The van der Waals surface area contributed by atoms with Gasteiger partial charge in [0.15, 0.2) is 11.5 Å². The predicted octanol–water partition coefficient (Wildman–Crippen LogP) is 3.43. The van der Waals surface area contributed by atoms with Crippen LogP contribution >= 0.6 is 11.6 Å². The van der Waals surface area contributed by atoms with Crippen LogP contribution in [-0.2, 0) is 6.54 Å². The van der Waals surface area contributed by atoms with E-state index in [-0.39, 0.29) is 17.1 Å². The Morgan fingerprint density at radius 1 is 1.14 bits per heavy atom. The number of benzene rings is 2. The molecule has 0 unspecified atom stereocenters. The Labute approximate surface area is 132 Å². The van der Waals surface area contributed by atoms with Gasteiger partial charge < -0.3 is 14.8 Å². The van der Waals surface area contributed by atoms with Gasteiger partial charge in [-0.2, -0.15) is 0 Å². The van der Waals surface area contributed by atoms with Crippen LogP contribution < -0.4 is 14.8 Å². The van der Waals surface area contributed by atoms with Gasteiger partial charge in [-0.3, -0.25) is 4.79 Å². The van der Waals surface area contributed by atoms with Crippen molar-refractivity contribution in [3.63, 3.8) is 0 Å². The lowest BCUT2D eigenvalue weighted by Gasteiger charge is -2.10. The molecule has 2 aromatic carbocycles. The molecule has 2 rings (SSSR count). The van der Waals surface area contributed by atoms with Crippen LogP contribution in [0.2, 0.25) is 5.02 Å². The predicted molar refractivity (Wildman–Crippen MR) is 82.1 cm³/mol. The first-order valence-corrected chi connectivity index (χ1v) is 6.87. The normalized spacial score (nSPS) is 10.2. The van der Waals surface area contributed by atoms with E-state index in [4.69, 9.17) is 21.1 Å². The van der Waals surface area contributed by atoms with Crippen LogP contribution in [-0.4, -0.2) is 20.1 Å². The summed E-state index contributed by atoms with van der Waals surface area (Å²) < 4.78 is 24.0. The molecule has 22 heavy (non-hydrogen) atoms. The van der Waals surface area contributed by atoms with Gasteiger partial charge >= 0.3 is 0 Å². The fourth-order valence-corrected chi connectivity index (χ4v) is 2.10. The highest BCUT2D eigenvalue weighted by Crippen LogP contribution is 2.27. The number of methoxy groups -OCH3 is 2. The van der Waals surface area contributed by atoms with Crippen molar-refractivity contribution in [2.24, 2.45) is 0 Å². The van der Waals surface area contributed by atoms with Crippen molar-refractivity contribution < 1.29 is 18.7 Å². The lowest BCUT2D eigenvalue weighted by Crippen LogP contribution is -2.23. The van der Waals surface area contributed by atoms with Crippen molar-refractivity contribution in [3.8, 4) is 11.5 Å². The number of carbonyl (C=O) groups excluding carboxylic acids is 1. The molecule has 0 fully saturated rings. The summed E-state index contributed by atoms with van der Waals surface area (Å²) in [5, 5.41) is 2.89. The molecule has 0 atom stereocenters. The number of nitrogens with one attached hydrogen (secondary N) is 1. The first-order valence-electron chi connectivity index (χ1n) is 6.49. The molecule has 0 radical (unpaired) electrons. The van der Waals surface area contributed by atoms with Gasteiger partial charge in [0.05, 0.1) is 19.8 Å². The third-order valence-electron chi connectivity index (χ3n) is 3.08. The number of hydrogen-bond donors (Lipinski definition) is 1.